The van der Waals surface area contributed by atoms with E-state index in [4.69, 9.17) is 11.6 Å². The second-order valence-electron chi connectivity index (χ2n) is 3.62. The lowest BCUT2D eigenvalue weighted by molar-refractivity contribution is 0.102. The zero-order chi connectivity index (χ0) is 13.1. The fraction of sp³-hybridized carbons (Fsp3) is 0.0833. The Morgan fingerprint density at radius 1 is 1.33 bits per heavy atom. The first-order valence-electron chi connectivity index (χ1n) is 5.12. The lowest BCUT2D eigenvalue weighted by Gasteiger charge is -2.09. The molecule has 0 aliphatic heterocycles. The molecule has 0 saturated carbocycles. The molecule has 0 fully saturated rings. The molecule has 0 aliphatic carbocycles. The minimum Gasteiger partial charge on any atom is -0.319 e. The van der Waals surface area contributed by atoms with Crippen LogP contribution in [0.3, 0.4) is 0 Å². The highest BCUT2D eigenvalue weighted by Gasteiger charge is 2.11. The van der Waals surface area contributed by atoms with Crippen molar-refractivity contribution in [1.82, 2.24) is 9.97 Å². The number of rotatable bonds is 2. The molecule has 2 rings (SSSR count). The zero-order valence-electron chi connectivity index (χ0n) is 9.45. The minimum absolute atomic E-state index is 0.207. The van der Waals surface area contributed by atoms with Crippen LogP contribution in [0.2, 0.25) is 5.15 Å². The summed E-state index contributed by atoms with van der Waals surface area (Å²) in [5.74, 6) is -1.05. The summed E-state index contributed by atoms with van der Waals surface area (Å²) in [6.07, 6.45) is 2.71. The Labute approximate surface area is 108 Å². The van der Waals surface area contributed by atoms with Gasteiger partial charge in [0.2, 0.25) is 5.95 Å². The molecule has 0 spiro atoms. The number of hydrogen-bond acceptors (Lipinski definition) is 3. The molecular formula is C12H9ClFN3O. The van der Waals surface area contributed by atoms with Gasteiger partial charge in [0.15, 0.2) is 5.15 Å². The lowest BCUT2D eigenvalue weighted by atomic mass is 10.2. The summed E-state index contributed by atoms with van der Waals surface area (Å²) in [5, 5.41) is 2.83. The normalized spacial score (nSPS) is 10.2. The van der Waals surface area contributed by atoms with Gasteiger partial charge < -0.3 is 5.32 Å². The predicted octanol–water partition coefficient (Wildman–Crippen LogP) is 2.83. The van der Waals surface area contributed by atoms with Crippen LogP contribution in [0.4, 0.5) is 10.1 Å². The number of halogens is 2. The Bertz CT molecular complexity index is 566. The summed E-state index contributed by atoms with van der Waals surface area (Å²) in [4.78, 5) is 19.2. The zero-order valence-corrected chi connectivity index (χ0v) is 10.2. The van der Waals surface area contributed by atoms with Crippen molar-refractivity contribution >= 4 is 23.2 Å². The van der Waals surface area contributed by atoms with E-state index in [9.17, 15) is 9.18 Å². The standard InChI is InChI=1S/C12H9ClFN3O/c1-7-4-5-15-11(13)10(7)17-12(18)8-2-3-9(14)16-6-8/h2-6H,1H3,(H,17,18). The van der Waals surface area contributed by atoms with E-state index in [1.165, 1.54) is 6.07 Å². The molecule has 0 bridgehead atoms. The molecule has 2 heterocycles. The van der Waals surface area contributed by atoms with Crippen LogP contribution in [0.1, 0.15) is 15.9 Å². The first-order valence-corrected chi connectivity index (χ1v) is 5.50. The van der Waals surface area contributed by atoms with Crippen LogP contribution in [0.15, 0.2) is 30.6 Å². The smallest absolute Gasteiger partial charge is 0.257 e. The van der Waals surface area contributed by atoms with Gasteiger partial charge in [-0.05, 0) is 30.7 Å². The quantitative estimate of drug-likeness (QED) is 0.850. The Hall–Kier alpha value is -2.01. The Kier molecular flexibility index (Phi) is 3.53. The summed E-state index contributed by atoms with van der Waals surface area (Å²) < 4.78 is 12.6. The number of aromatic nitrogens is 2. The number of nitrogens with one attached hydrogen (secondary N) is 1. The number of nitrogens with zero attached hydrogens (tertiary/aromatic N) is 2. The topological polar surface area (TPSA) is 54.9 Å². The van der Waals surface area contributed by atoms with Crippen LogP contribution in [0, 0.1) is 12.9 Å². The highest BCUT2D eigenvalue weighted by molar-refractivity contribution is 6.32. The fourth-order valence-electron chi connectivity index (χ4n) is 1.37. The van der Waals surface area contributed by atoms with Crippen molar-refractivity contribution in [3.63, 3.8) is 0 Å². The molecule has 0 unspecified atom stereocenters. The van der Waals surface area contributed by atoms with Gasteiger partial charge in [-0.25, -0.2) is 9.97 Å². The number of carbonyl (C=O) groups excluding carboxylic acids is 1. The third-order valence-electron chi connectivity index (χ3n) is 2.34. The van der Waals surface area contributed by atoms with E-state index in [1.54, 1.807) is 19.2 Å². The summed E-state index contributed by atoms with van der Waals surface area (Å²) in [7, 11) is 0. The second kappa shape index (κ2) is 5.10. The van der Waals surface area contributed by atoms with Crippen molar-refractivity contribution in [2.45, 2.75) is 6.92 Å². The van der Waals surface area contributed by atoms with Crippen LogP contribution in [-0.2, 0) is 0 Å². The maximum Gasteiger partial charge on any atom is 0.257 e. The van der Waals surface area contributed by atoms with E-state index < -0.39 is 11.9 Å². The molecule has 2 aromatic rings. The highest BCUT2D eigenvalue weighted by atomic mass is 35.5. The van der Waals surface area contributed by atoms with E-state index in [0.717, 1.165) is 17.8 Å². The van der Waals surface area contributed by atoms with E-state index in [-0.39, 0.29) is 10.7 Å². The van der Waals surface area contributed by atoms with E-state index in [0.29, 0.717) is 5.69 Å². The van der Waals surface area contributed by atoms with Crippen molar-refractivity contribution < 1.29 is 9.18 Å². The Morgan fingerprint density at radius 3 is 2.72 bits per heavy atom. The molecule has 92 valence electrons. The molecule has 0 aliphatic rings. The number of aryl methyl sites for hydroxylation is 1. The molecule has 0 saturated heterocycles. The molecule has 0 radical (unpaired) electrons. The van der Waals surface area contributed by atoms with Gasteiger partial charge in [0.25, 0.3) is 5.91 Å². The average Bonchev–Trinajstić information content (AvgIpc) is 2.34. The first kappa shape index (κ1) is 12.4. The maximum absolute atomic E-state index is 12.6. The van der Waals surface area contributed by atoms with Crippen molar-refractivity contribution in [2.75, 3.05) is 5.32 Å². The number of pyridine rings is 2. The molecule has 2 aromatic heterocycles. The van der Waals surface area contributed by atoms with Crippen LogP contribution in [0.25, 0.3) is 0 Å². The lowest BCUT2D eigenvalue weighted by Crippen LogP contribution is -2.14. The summed E-state index contributed by atoms with van der Waals surface area (Å²) >= 11 is 5.88. The van der Waals surface area contributed by atoms with Crippen molar-refractivity contribution in [3.05, 3.63) is 52.8 Å². The van der Waals surface area contributed by atoms with Crippen molar-refractivity contribution in [1.29, 1.82) is 0 Å². The molecular weight excluding hydrogens is 257 g/mol. The van der Waals surface area contributed by atoms with Gasteiger partial charge in [0.1, 0.15) is 0 Å². The van der Waals surface area contributed by atoms with Crippen LogP contribution < -0.4 is 5.32 Å². The molecule has 1 amide bonds. The van der Waals surface area contributed by atoms with E-state index in [2.05, 4.69) is 15.3 Å². The molecule has 0 atom stereocenters. The maximum atomic E-state index is 12.6. The minimum atomic E-state index is -0.637. The van der Waals surface area contributed by atoms with Crippen LogP contribution in [0.5, 0.6) is 0 Å². The third-order valence-corrected chi connectivity index (χ3v) is 2.63. The van der Waals surface area contributed by atoms with Crippen molar-refractivity contribution in [3.8, 4) is 0 Å². The number of anilines is 1. The molecule has 4 nitrogen and oxygen atoms in total. The van der Waals surface area contributed by atoms with Gasteiger partial charge in [-0.15, -0.1) is 0 Å². The largest absolute Gasteiger partial charge is 0.319 e. The van der Waals surface area contributed by atoms with Gasteiger partial charge in [0, 0.05) is 12.4 Å². The third kappa shape index (κ3) is 2.62. The van der Waals surface area contributed by atoms with Gasteiger partial charge in [-0.1, -0.05) is 11.6 Å². The fourth-order valence-corrected chi connectivity index (χ4v) is 1.62. The predicted molar refractivity (Wildman–Crippen MR) is 66.1 cm³/mol. The Morgan fingerprint density at radius 2 is 2.11 bits per heavy atom. The van der Waals surface area contributed by atoms with E-state index >= 15 is 0 Å². The van der Waals surface area contributed by atoms with Gasteiger partial charge in [-0.2, -0.15) is 4.39 Å². The van der Waals surface area contributed by atoms with Crippen LogP contribution in [-0.4, -0.2) is 15.9 Å². The highest BCUT2D eigenvalue weighted by Crippen LogP contribution is 2.23. The van der Waals surface area contributed by atoms with Gasteiger partial charge in [-0.3, -0.25) is 4.79 Å². The SMILES string of the molecule is Cc1ccnc(Cl)c1NC(=O)c1ccc(F)nc1. The van der Waals surface area contributed by atoms with Crippen molar-refractivity contribution in [2.24, 2.45) is 0 Å². The molecule has 1 N–H and O–H groups in total. The average molecular weight is 266 g/mol. The Balaban J connectivity index is 2.24. The van der Waals surface area contributed by atoms with Gasteiger partial charge in [0.05, 0.1) is 11.3 Å². The number of amides is 1. The summed E-state index contributed by atoms with van der Waals surface area (Å²) in [6, 6.07) is 4.19. The molecule has 6 heteroatoms. The number of carbonyl (C=O) groups is 1. The number of hydrogen-bond donors (Lipinski definition) is 1. The van der Waals surface area contributed by atoms with Crippen LogP contribution >= 0.6 is 11.6 Å². The van der Waals surface area contributed by atoms with E-state index in [1.807, 2.05) is 0 Å². The molecule has 18 heavy (non-hydrogen) atoms. The summed E-state index contributed by atoms with van der Waals surface area (Å²) in [5.41, 5.74) is 1.47. The monoisotopic (exact) mass is 265 g/mol. The van der Waals surface area contributed by atoms with Gasteiger partial charge >= 0.3 is 0 Å². The second-order valence-corrected chi connectivity index (χ2v) is 3.98. The molecule has 0 aromatic carbocycles. The summed E-state index contributed by atoms with van der Waals surface area (Å²) in [6.45, 7) is 1.80. The first-order chi connectivity index (χ1) is 8.58.